The average Bonchev–Trinajstić information content (AvgIpc) is 2.93. The molecular formula is C27H27N5O3. The fourth-order valence-electron chi connectivity index (χ4n) is 4.30. The number of para-hydroxylation sites is 1. The van der Waals surface area contributed by atoms with E-state index in [1.165, 1.54) is 10.8 Å². The number of aromatic nitrogens is 2. The lowest BCUT2D eigenvalue weighted by Crippen LogP contribution is -2.50. The third-order valence-electron chi connectivity index (χ3n) is 6.25. The standard InChI is InChI=1S/C27H27N5O3/c1-34-23-8-5-9-24(35-2)26(23)28-27(33)32-16-14-31(15-17-32)25-13-12-22(29-30-25)21-11-10-19-6-3-4-7-20(19)18-21/h3-13,18H,14-17H2,1-2H3,(H,28,33). The Labute approximate surface area is 204 Å². The minimum atomic E-state index is -0.190. The lowest BCUT2D eigenvalue weighted by molar-refractivity contribution is 0.207. The van der Waals surface area contributed by atoms with Gasteiger partial charge in [-0.3, -0.25) is 0 Å². The van der Waals surface area contributed by atoms with E-state index in [2.05, 4.69) is 50.7 Å². The third-order valence-corrected chi connectivity index (χ3v) is 6.25. The molecule has 8 nitrogen and oxygen atoms in total. The normalized spacial score (nSPS) is 13.5. The molecule has 1 saturated heterocycles. The van der Waals surface area contributed by atoms with E-state index in [1.807, 2.05) is 30.3 Å². The zero-order chi connectivity index (χ0) is 24.2. The van der Waals surface area contributed by atoms with Crippen molar-refractivity contribution in [2.24, 2.45) is 0 Å². The highest BCUT2D eigenvalue weighted by Crippen LogP contribution is 2.34. The molecule has 2 heterocycles. The number of rotatable bonds is 5. The van der Waals surface area contributed by atoms with Crippen molar-refractivity contribution in [2.75, 3.05) is 50.6 Å². The van der Waals surface area contributed by atoms with Gasteiger partial charge in [0.05, 0.1) is 19.9 Å². The number of piperazine rings is 1. The van der Waals surface area contributed by atoms with Crippen molar-refractivity contribution in [1.82, 2.24) is 15.1 Å². The number of urea groups is 1. The molecule has 0 radical (unpaired) electrons. The first kappa shape index (κ1) is 22.5. The summed E-state index contributed by atoms with van der Waals surface area (Å²) in [4.78, 5) is 16.8. The Hall–Kier alpha value is -4.33. The molecule has 178 valence electrons. The molecule has 3 aromatic carbocycles. The van der Waals surface area contributed by atoms with Crippen molar-refractivity contribution in [2.45, 2.75) is 0 Å². The van der Waals surface area contributed by atoms with E-state index in [-0.39, 0.29) is 6.03 Å². The predicted molar refractivity (Wildman–Crippen MR) is 137 cm³/mol. The number of nitrogens with one attached hydrogen (secondary N) is 1. The summed E-state index contributed by atoms with van der Waals surface area (Å²) in [6.45, 7) is 2.47. The van der Waals surface area contributed by atoms with Gasteiger partial charge in [-0.2, -0.15) is 0 Å². The molecule has 1 aromatic heterocycles. The van der Waals surface area contributed by atoms with Crippen molar-refractivity contribution in [3.63, 3.8) is 0 Å². The molecule has 1 aliphatic heterocycles. The van der Waals surface area contributed by atoms with Gasteiger partial charge in [0.1, 0.15) is 17.2 Å². The summed E-state index contributed by atoms with van der Waals surface area (Å²) in [6, 6.07) is 23.8. The van der Waals surface area contributed by atoms with Crippen molar-refractivity contribution in [3.8, 4) is 22.8 Å². The Morgan fingerprint density at radius 1 is 0.800 bits per heavy atom. The van der Waals surface area contributed by atoms with Crippen LogP contribution in [0.1, 0.15) is 0 Å². The number of carbonyl (C=O) groups excluding carboxylic acids is 1. The van der Waals surface area contributed by atoms with Crippen molar-refractivity contribution >= 4 is 28.3 Å². The minimum Gasteiger partial charge on any atom is -0.494 e. The third kappa shape index (κ3) is 4.68. The van der Waals surface area contributed by atoms with Crippen LogP contribution in [-0.2, 0) is 0 Å². The summed E-state index contributed by atoms with van der Waals surface area (Å²) in [5.74, 6) is 1.91. The van der Waals surface area contributed by atoms with Crippen molar-refractivity contribution < 1.29 is 14.3 Å². The van der Waals surface area contributed by atoms with Crippen LogP contribution in [0.5, 0.6) is 11.5 Å². The number of nitrogens with zero attached hydrogens (tertiary/aromatic N) is 4. The summed E-state index contributed by atoms with van der Waals surface area (Å²) < 4.78 is 10.8. The van der Waals surface area contributed by atoms with Crippen molar-refractivity contribution in [1.29, 1.82) is 0 Å². The zero-order valence-corrected chi connectivity index (χ0v) is 19.8. The number of ether oxygens (including phenoxy) is 2. The van der Waals surface area contributed by atoms with Crippen LogP contribution in [-0.4, -0.2) is 61.5 Å². The van der Waals surface area contributed by atoms with Crippen LogP contribution in [0.25, 0.3) is 22.0 Å². The van der Waals surface area contributed by atoms with Gasteiger partial charge in [0.2, 0.25) is 0 Å². The molecule has 8 heteroatoms. The minimum absolute atomic E-state index is 0.190. The van der Waals surface area contributed by atoms with Gasteiger partial charge in [0.15, 0.2) is 5.82 Å². The Kier molecular flexibility index (Phi) is 6.34. The van der Waals surface area contributed by atoms with E-state index in [9.17, 15) is 4.79 Å². The first-order valence-corrected chi connectivity index (χ1v) is 11.5. The fraction of sp³-hybridized carbons (Fsp3) is 0.222. The monoisotopic (exact) mass is 469 g/mol. The second-order valence-electron chi connectivity index (χ2n) is 8.28. The fourth-order valence-corrected chi connectivity index (χ4v) is 4.30. The van der Waals surface area contributed by atoms with E-state index >= 15 is 0 Å². The Morgan fingerprint density at radius 3 is 2.17 bits per heavy atom. The largest absolute Gasteiger partial charge is 0.494 e. The molecule has 1 N–H and O–H groups in total. The van der Waals surface area contributed by atoms with Crippen LogP contribution >= 0.6 is 0 Å². The molecular weight excluding hydrogens is 442 g/mol. The average molecular weight is 470 g/mol. The number of methoxy groups -OCH3 is 2. The van der Waals surface area contributed by atoms with Gasteiger partial charge in [-0.05, 0) is 41.1 Å². The number of amides is 2. The van der Waals surface area contributed by atoms with Gasteiger partial charge in [-0.15, -0.1) is 10.2 Å². The van der Waals surface area contributed by atoms with Gasteiger partial charge in [0.25, 0.3) is 0 Å². The van der Waals surface area contributed by atoms with Gasteiger partial charge in [-0.1, -0.05) is 42.5 Å². The smallest absolute Gasteiger partial charge is 0.322 e. The van der Waals surface area contributed by atoms with E-state index in [4.69, 9.17) is 9.47 Å². The first-order chi connectivity index (χ1) is 17.2. The molecule has 0 saturated carbocycles. The predicted octanol–water partition coefficient (Wildman–Crippen LogP) is 4.67. The highest BCUT2D eigenvalue weighted by molar-refractivity contribution is 5.93. The number of hydrogen-bond donors (Lipinski definition) is 1. The van der Waals surface area contributed by atoms with E-state index in [1.54, 1.807) is 31.3 Å². The second kappa shape index (κ2) is 9.89. The summed E-state index contributed by atoms with van der Waals surface area (Å²) in [6.07, 6.45) is 0. The molecule has 4 aromatic rings. The molecule has 0 aliphatic carbocycles. The van der Waals surface area contributed by atoms with Gasteiger partial charge < -0.3 is 24.6 Å². The number of carbonyl (C=O) groups is 1. The van der Waals surface area contributed by atoms with E-state index in [0.29, 0.717) is 43.4 Å². The number of fused-ring (bicyclic) bond motifs is 1. The molecule has 35 heavy (non-hydrogen) atoms. The van der Waals surface area contributed by atoms with Crippen LogP contribution in [0.15, 0.2) is 72.8 Å². The lowest BCUT2D eigenvalue weighted by Gasteiger charge is -2.35. The maximum Gasteiger partial charge on any atom is 0.322 e. The molecule has 0 bridgehead atoms. The Bertz CT molecular complexity index is 1310. The molecule has 1 aliphatic rings. The van der Waals surface area contributed by atoms with Gasteiger partial charge >= 0.3 is 6.03 Å². The second-order valence-corrected chi connectivity index (χ2v) is 8.28. The highest BCUT2D eigenvalue weighted by atomic mass is 16.5. The number of hydrogen-bond acceptors (Lipinski definition) is 6. The quantitative estimate of drug-likeness (QED) is 0.458. The van der Waals surface area contributed by atoms with Gasteiger partial charge in [0, 0.05) is 31.7 Å². The summed E-state index contributed by atoms with van der Waals surface area (Å²) in [5.41, 5.74) is 2.40. The van der Waals surface area contributed by atoms with Crippen LogP contribution in [0.3, 0.4) is 0 Å². The first-order valence-electron chi connectivity index (χ1n) is 11.5. The lowest BCUT2D eigenvalue weighted by atomic mass is 10.1. The molecule has 5 rings (SSSR count). The maximum absolute atomic E-state index is 12.9. The van der Waals surface area contributed by atoms with Crippen LogP contribution in [0, 0.1) is 0 Å². The molecule has 2 amide bonds. The SMILES string of the molecule is COc1cccc(OC)c1NC(=O)N1CCN(c2ccc(-c3ccc4ccccc4c3)nn2)CC1. The van der Waals surface area contributed by atoms with Crippen LogP contribution in [0.2, 0.25) is 0 Å². The summed E-state index contributed by atoms with van der Waals surface area (Å²) in [7, 11) is 3.13. The van der Waals surface area contributed by atoms with Crippen LogP contribution in [0.4, 0.5) is 16.3 Å². The molecule has 0 atom stereocenters. The highest BCUT2D eigenvalue weighted by Gasteiger charge is 2.24. The maximum atomic E-state index is 12.9. The number of anilines is 2. The van der Waals surface area contributed by atoms with Gasteiger partial charge in [-0.25, -0.2) is 4.79 Å². The molecule has 0 unspecified atom stereocenters. The number of benzene rings is 3. The Morgan fingerprint density at radius 2 is 1.51 bits per heavy atom. The van der Waals surface area contributed by atoms with Crippen molar-refractivity contribution in [3.05, 3.63) is 72.8 Å². The molecule has 0 spiro atoms. The zero-order valence-electron chi connectivity index (χ0n) is 19.8. The summed E-state index contributed by atoms with van der Waals surface area (Å²) >= 11 is 0. The topological polar surface area (TPSA) is 79.8 Å². The summed E-state index contributed by atoms with van der Waals surface area (Å²) in [5, 5.41) is 14.2. The van der Waals surface area contributed by atoms with E-state index < -0.39 is 0 Å². The molecule has 1 fully saturated rings. The van der Waals surface area contributed by atoms with E-state index in [0.717, 1.165) is 17.1 Å². The Balaban J connectivity index is 1.22. The van der Waals surface area contributed by atoms with Crippen LogP contribution < -0.4 is 19.7 Å².